The third kappa shape index (κ3) is 3.85. The van der Waals surface area contributed by atoms with Gasteiger partial charge in [0.05, 0.1) is 13.2 Å². The summed E-state index contributed by atoms with van der Waals surface area (Å²) in [5, 5.41) is 4.17. The molecule has 1 aromatic carbocycles. The fourth-order valence-electron chi connectivity index (χ4n) is 3.65. The van der Waals surface area contributed by atoms with Crippen LogP contribution in [0.5, 0.6) is 0 Å². The standard InChI is InChI=1S/C20H24N8OS/c21-14-3-1-2-4-15(14)30-19-17-16(23-13-24-19)18(27-9-11-29-12-10-27)26-20(25-17)28-7-5-22-6-8-28/h1-4,13,22H,5-12,21H2. The third-order valence-corrected chi connectivity index (χ3v) is 6.34. The van der Waals surface area contributed by atoms with Crippen molar-refractivity contribution in [3.05, 3.63) is 30.6 Å². The van der Waals surface area contributed by atoms with E-state index in [0.717, 1.165) is 77.7 Å². The molecular formula is C20H24N8OS. The Kier molecular flexibility index (Phi) is 5.52. The highest BCUT2D eigenvalue weighted by atomic mass is 32.2. The molecule has 0 atom stereocenters. The molecular weight excluding hydrogens is 400 g/mol. The number of nitrogen functional groups attached to an aromatic ring is 1. The van der Waals surface area contributed by atoms with Gasteiger partial charge in [0.1, 0.15) is 22.4 Å². The van der Waals surface area contributed by atoms with Crippen LogP contribution < -0.4 is 20.9 Å². The van der Waals surface area contributed by atoms with E-state index in [1.807, 2.05) is 24.3 Å². The molecule has 5 rings (SSSR count). The number of para-hydroxylation sites is 1. The highest BCUT2D eigenvalue weighted by Crippen LogP contribution is 2.36. The minimum atomic E-state index is 0.682. The van der Waals surface area contributed by atoms with Crippen molar-refractivity contribution in [1.29, 1.82) is 0 Å². The molecule has 0 aliphatic carbocycles. The molecule has 0 bridgehead atoms. The summed E-state index contributed by atoms with van der Waals surface area (Å²) in [5.74, 6) is 1.57. The summed E-state index contributed by atoms with van der Waals surface area (Å²) in [6.45, 7) is 6.51. The third-order valence-electron chi connectivity index (χ3n) is 5.25. The van der Waals surface area contributed by atoms with Crippen LogP contribution in [0.3, 0.4) is 0 Å². The Morgan fingerprint density at radius 2 is 1.73 bits per heavy atom. The summed E-state index contributed by atoms with van der Waals surface area (Å²) in [4.78, 5) is 24.4. The maximum absolute atomic E-state index is 6.17. The van der Waals surface area contributed by atoms with Crippen LogP contribution in [0.2, 0.25) is 0 Å². The zero-order chi connectivity index (χ0) is 20.3. The molecule has 0 radical (unpaired) electrons. The molecule has 2 aliphatic heterocycles. The average molecular weight is 425 g/mol. The number of hydrogen-bond acceptors (Lipinski definition) is 10. The molecule has 0 saturated carbocycles. The zero-order valence-corrected chi connectivity index (χ0v) is 17.4. The topological polar surface area (TPSA) is 105 Å². The minimum absolute atomic E-state index is 0.682. The number of nitrogens with zero attached hydrogens (tertiary/aromatic N) is 6. The molecule has 10 heteroatoms. The molecule has 2 saturated heterocycles. The lowest BCUT2D eigenvalue weighted by atomic mass is 10.3. The van der Waals surface area contributed by atoms with Gasteiger partial charge in [0.15, 0.2) is 5.82 Å². The van der Waals surface area contributed by atoms with Gasteiger partial charge >= 0.3 is 0 Å². The Balaban J connectivity index is 1.63. The Hall–Kier alpha value is -2.69. The maximum atomic E-state index is 6.17. The summed E-state index contributed by atoms with van der Waals surface area (Å²) in [7, 11) is 0. The number of ether oxygens (including phenoxy) is 1. The highest BCUT2D eigenvalue weighted by molar-refractivity contribution is 7.99. The number of morpholine rings is 1. The van der Waals surface area contributed by atoms with Gasteiger partial charge in [0.2, 0.25) is 5.95 Å². The van der Waals surface area contributed by atoms with E-state index in [0.29, 0.717) is 13.2 Å². The number of nitrogens with one attached hydrogen (secondary N) is 1. The summed E-state index contributed by atoms with van der Waals surface area (Å²) in [6.07, 6.45) is 1.58. The van der Waals surface area contributed by atoms with Crippen LogP contribution in [0, 0.1) is 0 Å². The van der Waals surface area contributed by atoms with E-state index in [2.05, 4.69) is 25.1 Å². The number of piperazine rings is 1. The number of rotatable bonds is 4. The Morgan fingerprint density at radius 1 is 0.933 bits per heavy atom. The second-order valence-electron chi connectivity index (χ2n) is 7.20. The van der Waals surface area contributed by atoms with Gasteiger partial charge in [0, 0.05) is 49.9 Å². The normalized spacial score (nSPS) is 17.5. The molecule has 9 nitrogen and oxygen atoms in total. The van der Waals surface area contributed by atoms with Gasteiger partial charge in [-0.25, -0.2) is 15.0 Å². The summed E-state index contributed by atoms with van der Waals surface area (Å²) in [5.41, 5.74) is 8.42. The summed E-state index contributed by atoms with van der Waals surface area (Å²) >= 11 is 1.51. The van der Waals surface area contributed by atoms with Crippen LogP contribution in [0.15, 0.2) is 40.5 Å². The number of fused-ring (bicyclic) bond motifs is 1. The fourth-order valence-corrected chi connectivity index (χ4v) is 4.53. The molecule has 3 aromatic rings. The van der Waals surface area contributed by atoms with Gasteiger partial charge in [-0.3, -0.25) is 0 Å². The maximum Gasteiger partial charge on any atom is 0.228 e. The van der Waals surface area contributed by atoms with Gasteiger partial charge < -0.3 is 25.6 Å². The fraction of sp³-hybridized carbons (Fsp3) is 0.400. The monoisotopic (exact) mass is 424 g/mol. The Labute approximate surface area is 179 Å². The van der Waals surface area contributed by atoms with Crippen molar-refractivity contribution in [2.75, 3.05) is 68.0 Å². The number of hydrogen-bond donors (Lipinski definition) is 2. The molecule has 156 valence electrons. The second kappa shape index (κ2) is 8.58. The summed E-state index contributed by atoms with van der Waals surface area (Å²) in [6, 6.07) is 7.79. The number of anilines is 3. The lowest BCUT2D eigenvalue weighted by Gasteiger charge is -2.31. The number of benzene rings is 1. The lowest BCUT2D eigenvalue weighted by molar-refractivity contribution is 0.122. The molecule has 2 aliphatic rings. The SMILES string of the molecule is Nc1ccccc1Sc1ncnc2c(N3CCOCC3)nc(N3CCNCC3)nc12. The van der Waals surface area contributed by atoms with Gasteiger partial charge in [0.25, 0.3) is 0 Å². The first kappa shape index (κ1) is 19.3. The molecule has 0 unspecified atom stereocenters. The van der Waals surface area contributed by atoms with Crippen molar-refractivity contribution >= 4 is 40.2 Å². The molecule has 0 amide bonds. The van der Waals surface area contributed by atoms with Crippen LogP contribution in [0.4, 0.5) is 17.5 Å². The Bertz CT molecular complexity index is 1040. The van der Waals surface area contributed by atoms with E-state index in [1.54, 1.807) is 6.33 Å². The van der Waals surface area contributed by atoms with E-state index in [-0.39, 0.29) is 0 Å². The average Bonchev–Trinajstić information content (AvgIpc) is 2.81. The van der Waals surface area contributed by atoms with E-state index >= 15 is 0 Å². The highest BCUT2D eigenvalue weighted by Gasteiger charge is 2.23. The predicted molar refractivity (Wildman–Crippen MR) is 118 cm³/mol. The van der Waals surface area contributed by atoms with Crippen LogP contribution in [-0.4, -0.2) is 72.4 Å². The van der Waals surface area contributed by atoms with E-state index < -0.39 is 0 Å². The molecule has 0 spiro atoms. The number of aromatic nitrogens is 4. The molecule has 3 N–H and O–H groups in total. The van der Waals surface area contributed by atoms with Crippen LogP contribution in [0.1, 0.15) is 0 Å². The van der Waals surface area contributed by atoms with Crippen molar-refractivity contribution in [2.45, 2.75) is 9.92 Å². The van der Waals surface area contributed by atoms with Gasteiger partial charge in [-0.05, 0) is 12.1 Å². The van der Waals surface area contributed by atoms with E-state index in [1.165, 1.54) is 11.8 Å². The van der Waals surface area contributed by atoms with Gasteiger partial charge in [-0.2, -0.15) is 4.98 Å². The molecule has 2 fully saturated rings. The minimum Gasteiger partial charge on any atom is -0.398 e. The lowest BCUT2D eigenvalue weighted by Crippen LogP contribution is -2.44. The zero-order valence-electron chi connectivity index (χ0n) is 16.6. The first-order valence-corrected chi connectivity index (χ1v) is 10.9. The van der Waals surface area contributed by atoms with E-state index in [4.69, 9.17) is 20.4 Å². The smallest absolute Gasteiger partial charge is 0.228 e. The first-order chi connectivity index (χ1) is 14.8. The summed E-state index contributed by atoms with van der Waals surface area (Å²) < 4.78 is 5.54. The van der Waals surface area contributed by atoms with Crippen molar-refractivity contribution in [2.24, 2.45) is 0 Å². The van der Waals surface area contributed by atoms with Crippen LogP contribution >= 0.6 is 11.8 Å². The molecule has 2 aromatic heterocycles. The quantitative estimate of drug-likeness (QED) is 0.471. The van der Waals surface area contributed by atoms with Crippen LogP contribution in [-0.2, 0) is 4.74 Å². The van der Waals surface area contributed by atoms with Crippen molar-refractivity contribution in [1.82, 2.24) is 25.3 Å². The molecule has 30 heavy (non-hydrogen) atoms. The predicted octanol–water partition coefficient (Wildman–Crippen LogP) is 1.40. The van der Waals surface area contributed by atoms with Gasteiger partial charge in [-0.1, -0.05) is 23.9 Å². The van der Waals surface area contributed by atoms with Crippen molar-refractivity contribution in [3.63, 3.8) is 0 Å². The largest absolute Gasteiger partial charge is 0.398 e. The van der Waals surface area contributed by atoms with E-state index in [9.17, 15) is 0 Å². The van der Waals surface area contributed by atoms with Crippen molar-refractivity contribution < 1.29 is 4.74 Å². The first-order valence-electron chi connectivity index (χ1n) is 10.1. The van der Waals surface area contributed by atoms with Crippen LogP contribution in [0.25, 0.3) is 11.0 Å². The second-order valence-corrected chi connectivity index (χ2v) is 8.23. The Morgan fingerprint density at radius 3 is 2.53 bits per heavy atom. The van der Waals surface area contributed by atoms with Crippen molar-refractivity contribution in [3.8, 4) is 0 Å². The number of nitrogens with two attached hydrogens (primary N) is 1. The van der Waals surface area contributed by atoms with Gasteiger partial charge in [-0.15, -0.1) is 0 Å². The molecule has 4 heterocycles.